The van der Waals surface area contributed by atoms with E-state index in [0.717, 1.165) is 10.6 Å². The summed E-state index contributed by atoms with van der Waals surface area (Å²) in [4.78, 5) is 16.8. The summed E-state index contributed by atoms with van der Waals surface area (Å²) >= 11 is 0. The number of hydrogen-bond acceptors (Lipinski definition) is 5. The molecule has 0 aliphatic carbocycles. The Morgan fingerprint density at radius 2 is 1.84 bits per heavy atom. The van der Waals surface area contributed by atoms with Crippen molar-refractivity contribution in [2.75, 3.05) is 6.61 Å². The first kappa shape index (κ1) is 17.6. The summed E-state index contributed by atoms with van der Waals surface area (Å²) in [6.07, 6.45) is -0.675. The highest BCUT2D eigenvalue weighted by atomic mass is 35.7. The number of para-hydroxylation sites is 1. The van der Waals surface area contributed by atoms with Gasteiger partial charge in [0.15, 0.2) is 6.10 Å². The smallest absolute Gasteiger partial charge is 0.347 e. The Morgan fingerprint density at radius 3 is 2.56 bits per heavy atom. The lowest BCUT2D eigenvalue weighted by Gasteiger charge is -2.26. The number of carbonyl (C=O) groups excluding carboxylic acids is 1. The summed E-state index contributed by atoms with van der Waals surface area (Å²) in [6, 6.07) is 14.6. The first-order valence-electron chi connectivity index (χ1n) is 7.81. The fraction of sp³-hybridized carbons (Fsp3) is 0.222. The molecule has 0 N–H and O–H groups in total. The van der Waals surface area contributed by atoms with E-state index < -0.39 is 21.6 Å². The monoisotopic (exact) mass is 379 g/mol. The van der Waals surface area contributed by atoms with Gasteiger partial charge in [-0.15, -0.1) is 0 Å². The van der Waals surface area contributed by atoms with E-state index in [4.69, 9.17) is 24.3 Å². The number of benzene rings is 2. The second-order valence-electron chi connectivity index (χ2n) is 5.30. The lowest BCUT2D eigenvalue weighted by Crippen LogP contribution is -2.25. The van der Waals surface area contributed by atoms with Crippen molar-refractivity contribution in [3.8, 4) is 11.5 Å². The standard InChI is InChI=1S/C18H18ClNO4S/c1-3-22-18(21)13(2)23-14-8-10-15(11-9-14)24-25(19)12-20-16-6-4-5-7-17(16)25/h4-13H,3H2,1-2H3. The second-order valence-corrected chi connectivity index (χ2v) is 8.54. The van der Waals surface area contributed by atoms with Crippen LogP contribution in [0.5, 0.6) is 11.5 Å². The number of ether oxygens (including phenoxy) is 2. The summed E-state index contributed by atoms with van der Waals surface area (Å²) in [5.41, 5.74) is 2.49. The molecule has 5 nitrogen and oxygen atoms in total. The van der Waals surface area contributed by atoms with Crippen LogP contribution in [0.15, 0.2) is 58.4 Å². The Morgan fingerprint density at radius 1 is 1.16 bits per heavy atom. The zero-order chi connectivity index (χ0) is 17.9. The van der Waals surface area contributed by atoms with Crippen molar-refractivity contribution < 1.29 is 18.5 Å². The van der Waals surface area contributed by atoms with Crippen molar-refractivity contribution in [1.82, 2.24) is 0 Å². The Bertz CT molecular complexity index is 796. The minimum Gasteiger partial charge on any atom is -0.479 e. The molecule has 0 saturated carbocycles. The Balaban J connectivity index is 1.68. The number of esters is 1. The summed E-state index contributed by atoms with van der Waals surface area (Å²) in [5.74, 6) is 0.752. The molecule has 7 heteroatoms. The van der Waals surface area contributed by atoms with Crippen LogP contribution in [0, 0.1) is 0 Å². The number of nitrogens with zero attached hydrogens (tertiary/aromatic N) is 1. The van der Waals surface area contributed by atoms with Gasteiger partial charge in [0.2, 0.25) is 0 Å². The Kier molecular flexibility index (Phi) is 5.20. The third kappa shape index (κ3) is 3.91. The number of rotatable bonds is 6. The normalized spacial score (nSPS) is 21.7. The highest BCUT2D eigenvalue weighted by Crippen LogP contribution is 2.65. The maximum atomic E-state index is 11.6. The number of carbonyl (C=O) groups is 1. The molecule has 0 spiro atoms. The third-order valence-corrected chi connectivity index (χ3v) is 6.15. The van der Waals surface area contributed by atoms with E-state index in [0.29, 0.717) is 18.1 Å². The molecule has 0 fully saturated rings. The van der Waals surface area contributed by atoms with Gasteiger partial charge < -0.3 is 13.7 Å². The van der Waals surface area contributed by atoms with Gasteiger partial charge in [-0.1, -0.05) is 12.1 Å². The van der Waals surface area contributed by atoms with Crippen LogP contribution < -0.4 is 8.92 Å². The number of fused-ring (bicyclic) bond motifs is 1. The van der Waals surface area contributed by atoms with Crippen molar-refractivity contribution in [3.05, 3.63) is 48.5 Å². The maximum absolute atomic E-state index is 11.6. The van der Waals surface area contributed by atoms with Gasteiger partial charge in [-0.3, -0.25) is 0 Å². The van der Waals surface area contributed by atoms with E-state index >= 15 is 0 Å². The van der Waals surface area contributed by atoms with Gasteiger partial charge in [0.1, 0.15) is 11.5 Å². The minimum atomic E-state index is -2.11. The molecule has 1 heterocycles. The molecule has 2 unspecified atom stereocenters. The minimum absolute atomic E-state index is 0.322. The van der Waals surface area contributed by atoms with Gasteiger partial charge in [0, 0.05) is 0 Å². The molecule has 25 heavy (non-hydrogen) atoms. The van der Waals surface area contributed by atoms with Crippen molar-refractivity contribution in [2.24, 2.45) is 4.99 Å². The summed E-state index contributed by atoms with van der Waals surface area (Å²) in [7, 11) is 4.55. The average molecular weight is 380 g/mol. The molecule has 0 saturated heterocycles. The van der Waals surface area contributed by atoms with Crippen LogP contribution >= 0.6 is 20.2 Å². The second kappa shape index (κ2) is 7.37. The number of aliphatic imine (C=N–C) groups is 1. The quantitative estimate of drug-likeness (QED) is 0.662. The summed E-state index contributed by atoms with van der Waals surface area (Å²) in [6.45, 7) is 3.72. The Hall–Kier alpha value is -2.18. The van der Waals surface area contributed by atoms with Crippen LogP contribution in [0.1, 0.15) is 13.8 Å². The van der Waals surface area contributed by atoms with Crippen LogP contribution in [0.3, 0.4) is 0 Å². The highest BCUT2D eigenvalue weighted by molar-refractivity contribution is 8.57. The molecule has 0 radical (unpaired) electrons. The van der Waals surface area contributed by atoms with E-state index in [9.17, 15) is 4.79 Å². The van der Waals surface area contributed by atoms with Crippen LogP contribution in [-0.2, 0) is 9.53 Å². The van der Waals surface area contributed by atoms with Gasteiger partial charge in [-0.25, -0.2) is 9.79 Å². The molecule has 0 bridgehead atoms. The van der Waals surface area contributed by atoms with E-state index in [-0.39, 0.29) is 0 Å². The molecule has 0 amide bonds. The van der Waals surface area contributed by atoms with E-state index in [1.165, 1.54) is 0 Å². The lowest BCUT2D eigenvalue weighted by atomic mass is 10.3. The molecule has 2 aromatic carbocycles. The molecule has 1 aliphatic rings. The van der Waals surface area contributed by atoms with Gasteiger partial charge in [-0.05, 0) is 60.9 Å². The van der Waals surface area contributed by atoms with Crippen LogP contribution in [0.25, 0.3) is 0 Å². The van der Waals surface area contributed by atoms with Crippen molar-refractivity contribution in [3.63, 3.8) is 0 Å². The zero-order valence-corrected chi connectivity index (χ0v) is 15.4. The first-order chi connectivity index (χ1) is 12.0. The average Bonchev–Trinajstić information content (AvgIpc) is 2.94. The zero-order valence-electron chi connectivity index (χ0n) is 13.8. The van der Waals surface area contributed by atoms with Crippen molar-refractivity contribution >= 4 is 37.4 Å². The fourth-order valence-corrected chi connectivity index (χ4v) is 4.56. The van der Waals surface area contributed by atoms with Crippen molar-refractivity contribution in [2.45, 2.75) is 24.8 Å². The maximum Gasteiger partial charge on any atom is 0.347 e. The number of hydrogen-bond donors (Lipinski definition) is 0. The molecular formula is C18H18ClNO4S. The lowest BCUT2D eigenvalue weighted by molar-refractivity contribution is -0.150. The molecule has 1 aliphatic heterocycles. The van der Waals surface area contributed by atoms with Crippen LogP contribution in [0.4, 0.5) is 5.69 Å². The molecular weight excluding hydrogens is 362 g/mol. The van der Waals surface area contributed by atoms with Gasteiger partial charge >= 0.3 is 5.97 Å². The third-order valence-electron chi connectivity index (χ3n) is 3.47. The van der Waals surface area contributed by atoms with E-state index in [1.54, 1.807) is 43.7 Å². The Labute approximate surface area is 152 Å². The van der Waals surface area contributed by atoms with Crippen LogP contribution in [-0.4, -0.2) is 24.2 Å². The molecule has 132 valence electrons. The van der Waals surface area contributed by atoms with Crippen LogP contribution in [0.2, 0.25) is 0 Å². The van der Waals surface area contributed by atoms with Crippen molar-refractivity contribution in [1.29, 1.82) is 0 Å². The summed E-state index contributed by atoms with van der Waals surface area (Å²) < 4.78 is 16.5. The topological polar surface area (TPSA) is 57.1 Å². The van der Waals surface area contributed by atoms with Gasteiger partial charge in [0.05, 0.1) is 32.3 Å². The highest BCUT2D eigenvalue weighted by Gasteiger charge is 2.31. The fourth-order valence-electron chi connectivity index (χ4n) is 2.27. The van der Waals surface area contributed by atoms with E-state index in [1.807, 2.05) is 24.3 Å². The van der Waals surface area contributed by atoms with Gasteiger partial charge in [0.25, 0.3) is 0 Å². The summed E-state index contributed by atoms with van der Waals surface area (Å²) in [5, 5.41) is 0. The molecule has 3 rings (SSSR count). The molecule has 0 aromatic heterocycles. The largest absolute Gasteiger partial charge is 0.479 e. The predicted molar refractivity (Wildman–Crippen MR) is 100 cm³/mol. The predicted octanol–water partition coefficient (Wildman–Crippen LogP) is 5.00. The SMILES string of the molecule is CCOC(=O)C(C)Oc1ccc(OS2(Cl)C=Nc3ccccc32)cc1. The van der Waals surface area contributed by atoms with E-state index in [2.05, 4.69) is 4.99 Å². The van der Waals surface area contributed by atoms with Gasteiger partial charge in [-0.2, -0.15) is 0 Å². The first-order valence-corrected chi connectivity index (χ1v) is 10.3. The number of halogens is 1. The molecule has 2 atom stereocenters. The molecule has 2 aromatic rings.